The molecular formula is C17H12BrN2O2S+. The van der Waals surface area contributed by atoms with Gasteiger partial charge in [-0.2, -0.15) is 10.7 Å². The second-order valence-corrected chi connectivity index (χ2v) is 6.84. The summed E-state index contributed by atoms with van der Waals surface area (Å²) in [6, 6.07) is 14.6. The Morgan fingerprint density at radius 1 is 1.26 bits per heavy atom. The summed E-state index contributed by atoms with van der Waals surface area (Å²) in [4.78, 5) is 18.3. The molecule has 0 aliphatic heterocycles. The molecule has 23 heavy (non-hydrogen) atoms. The molecule has 1 heterocycles. The van der Waals surface area contributed by atoms with Crippen LogP contribution in [-0.4, -0.2) is 12.9 Å². The number of hydrogen-bond acceptors (Lipinski definition) is 4. The van der Waals surface area contributed by atoms with Gasteiger partial charge >= 0.3 is 0 Å². The lowest BCUT2D eigenvalue weighted by molar-refractivity contribution is -0.830. The van der Waals surface area contributed by atoms with Gasteiger partial charge in [0.05, 0.1) is 23.6 Å². The van der Waals surface area contributed by atoms with Gasteiger partial charge in [-0.05, 0) is 46.3 Å². The molecular weight excluding hydrogens is 376 g/mol. The van der Waals surface area contributed by atoms with Gasteiger partial charge in [0, 0.05) is 32.3 Å². The predicted octanol–water partition coefficient (Wildman–Crippen LogP) is 3.52. The molecule has 4 nitrogen and oxygen atoms in total. The lowest BCUT2D eigenvalue weighted by atomic mass is 10.1. The number of halogens is 1. The number of thiophene rings is 1. The number of nitrogens with two attached hydrogens (primary N) is 1. The first kappa shape index (κ1) is 15.8. The maximum atomic E-state index is 12.6. The van der Waals surface area contributed by atoms with Gasteiger partial charge < -0.3 is 0 Å². The van der Waals surface area contributed by atoms with Gasteiger partial charge in [0.2, 0.25) is 5.78 Å². The SMILES string of the molecule is CO[NH2+]c1cc(Br)c2cc(C(=O)c3ccc(C#N)cc3)sc2c1. The summed E-state index contributed by atoms with van der Waals surface area (Å²) in [6.45, 7) is 0. The zero-order valence-electron chi connectivity index (χ0n) is 12.2. The first-order valence-corrected chi connectivity index (χ1v) is 8.37. The fraction of sp³-hybridized carbons (Fsp3) is 0.0588. The van der Waals surface area contributed by atoms with Gasteiger partial charge in [-0.3, -0.25) is 4.79 Å². The van der Waals surface area contributed by atoms with Crippen LogP contribution < -0.4 is 5.48 Å². The van der Waals surface area contributed by atoms with E-state index in [1.54, 1.807) is 36.9 Å². The Balaban J connectivity index is 2.00. The first-order chi connectivity index (χ1) is 11.1. The fourth-order valence-corrected chi connectivity index (χ4v) is 4.09. The van der Waals surface area contributed by atoms with Crippen molar-refractivity contribution in [2.45, 2.75) is 0 Å². The number of carbonyl (C=O) groups is 1. The van der Waals surface area contributed by atoms with Crippen LogP contribution in [0.5, 0.6) is 0 Å². The van der Waals surface area contributed by atoms with Crippen molar-refractivity contribution in [1.82, 2.24) is 0 Å². The van der Waals surface area contributed by atoms with E-state index >= 15 is 0 Å². The first-order valence-electron chi connectivity index (χ1n) is 6.76. The smallest absolute Gasteiger partial charge is 0.202 e. The highest BCUT2D eigenvalue weighted by molar-refractivity contribution is 9.10. The number of carbonyl (C=O) groups excluding carboxylic acids is 1. The number of rotatable bonds is 4. The number of benzene rings is 2. The van der Waals surface area contributed by atoms with Crippen LogP contribution in [0.2, 0.25) is 0 Å². The summed E-state index contributed by atoms with van der Waals surface area (Å²) in [5, 5.41) is 9.83. The standard InChI is InChI=1S/C17H11BrN2O2S/c1-22-20-12-6-14(18)13-8-16(23-15(13)7-12)17(21)11-4-2-10(9-19)3-5-11/h2-8,20H,1H3/p+1. The van der Waals surface area contributed by atoms with E-state index in [-0.39, 0.29) is 5.78 Å². The van der Waals surface area contributed by atoms with E-state index in [4.69, 9.17) is 10.1 Å². The van der Waals surface area contributed by atoms with Crippen molar-refractivity contribution in [3.05, 3.63) is 62.9 Å². The highest BCUT2D eigenvalue weighted by Gasteiger charge is 2.15. The Morgan fingerprint density at radius 3 is 2.65 bits per heavy atom. The van der Waals surface area contributed by atoms with Crippen LogP contribution in [0.15, 0.2) is 46.9 Å². The van der Waals surface area contributed by atoms with Crippen LogP contribution in [0, 0.1) is 11.3 Å². The van der Waals surface area contributed by atoms with Gasteiger partial charge in [0.1, 0.15) is 0 Å². The van der Waals surface area contributed by atoms with E-state index in [1.807, 2.05) is 24.3 Å². The lowest BCUT2D eigenvalue weighted by Crippen LogP contribution is -2.75. The fourth-order valence-electron chi connectivity index (χ4n) is 2.27. The van der Waals surface area contributed by atoms with E-state index in [1.165, 1.54) is 11.3 Å². The highest BCUT2D eigenvalue weighted by atomic mass is 79.9. The summed E-state index contributed by atoms with van der Waals surface area (Å²) >= 11 is 4.98. The van der Waals surface area contributed by atoms with Crippen molar-refractivity contribution in [2.75, 3.05) is 7.11 Å². The second kappa shape index (κ2) is 6.60. The average Bonchev–Trinajstić information content (AvgIpc) is 2.99. The van der Waals surface area contributed by atoms with Crippen LogP contribution in [-0.2, 0) is 4.84 Å². The minimum absolute atomic E-state index is 0.0418. The molecule has 0 saturated carbocycles. The van der Waals surface area contributed by atoms with Gasteiger partial charge in [0.25, 0.3) is 0 Å². The number of ketones is 1. The van der Waals surface area contributed by atoms with Gasteiger partial charge in [-0.1, -0.05) is 0 Å². The minimum atomic E-state index is -0.0418. The van der Waals surface area contributed by atoms with E-state index in [0.29, 0.717) is 16.0 Å². The third kappa shape index (κ3) is 3.19. The number of hydrogen-bond donors (Lipinski definition) is 1. The number of nitrogens with zero attached hydrogens (tertiary/aromatic N) is 1. The maximum absolute atomic E-state index is 12.6. The number of nitriles is 1. The third-order valence-electron chi connectivity index (χ3n) is 3.36. The molecule has 0 bridgehead atoms. The van der Waals surface area contributed by atoms with Crippen molar-refractivity contribution >= 4 is 48.8 Å². The number of quaternary nitrogens is 1. The summed E-state index contributed by atoms with van der Waals surface area (Å²) in [5.74, 6) is -0.0418. The highest BCUT2D eigenvalue weighted by Crippen LogP contribution is 2.34. The third-order valence-corrected chi connectivity index (χ3v) is 5.10. The molecule has 0 aliphatic rings. The van der Waals surface area contributed by atoms with Crippen molar-refractivity contribution in [3.8, 4) is 6.07 Å². The molecule has 0 spiro atoms. The van der Waals surface area contributed by atoms with Gasteiger partial charge in [-0.25, -0.2) is 4.84 Å². The molecule has 0 radical (unpaired) electrons. The van der Waals surface area contributed by atoms with Gasteiger partial charge in [0.15, 0.2) is 5.69 Å². The summed E-state index contributed by atoms with van der Waals surface area (Å²) < 4.78 is 1.94. The Hall–Kier alpha value is -2.04. The molecule has 1 aromatic heterocycles. The van der Waals surface area contributed by atoms with E-state index < -0.39 is 0 Å². The lowest BCUT2D eigenvalue weighted by Gasteiger charge is -1.98. The summed E-state index contributed by atoms with van der Waals surface area (Å²) in [6.07, 6.45) is 0. The van der Waals surface area contributed by atoms with Crippen LogP contribution in [0.4, 0.5) is 5.69 Å². The zero-order chi connectivity index (χ0) is 16.4. The summed E-state index contributed by atoms with van der Waals surface area (Å²) in [5.41, 5.74) is 3.72. The molecule has 0 unspecified atom stereocenters. The maximum Gasteiger partial charge on any atom is 0.202 e. The molecule has 0 amide bonds. The minimum Gasteiger partial charge on any atom is -0.288 e. The molecule has 0 atom stereocenters. The zero-order valence-corrected chi connectivity index (χ0v) is 14.6. The van der Waals surface area contributed by atoms with E-state index in [9.17, 15) is 4.79 Å². The normalized spacial score (nSPS) is 10.7. The monoisotopic (exact) mass is 387 g/mol. The van der Waals surface area contributed by atoms with Crippen LogP contribution >= 0.6 is 27.3 Å². The van der Waals surface area contributed by atoms with Crippen LogP contribution in [0.1, 0.15) is 20.8 Å². The second-order valence-electron chi connectivity index (χ2n) is 4.90. The van der Waals surface area contributed by atoms with Crippen LogP contribution in [0.3, 0.4) is 0 Å². The molecule has 3 rings (SSSR count). The molecule has 3 aromatic rings. The van der Waals surface area contributed by atoms with E-state index in [2.05, 4.69) is 15.9 Å². The molecule has 0 saturated heterocycles. The molecule has 6 heteroatoms. The van der Waals surface area contributed by atoms with E-state index in [0.717, 1.165) is 20.2 Å². The van der Waals surface area contributed by atoms with Crippen molar-refractivity contribution in [3.63, 3.8) is 0 Å². The largest absolute Gasteiger partial charge is 0.288 e. The quantitative estimate of drug-likeness (QED) is 0.423. The average molecular weight is 388 g/mol. The topological polar surface area (TPSA) is 66.7 Å². The van der Waals surface area contributed by atoms with Crippen molar-refractivity contribution in [1.29, 1.82) is 5.26 Å². The Morgan fingerprint density at radius 2 is 2.00 bits per heavy atom. The van der Waals surface area contributed by atoms with Crippen LogP contribution in [0.25, 0.3) is 10.1 Å². The van der Waals surface area contributed by atoms with Crippen molar-refractivity contribution < 1.29 is 15.1 Å². The molecule has 0 fully saturated rings. The summed E-state index contributed by atoms with van der Waals surface area (Å²) in [7, 11) is 1.60. The predicted molar refractivity (Wildman–Crippen MR) is 92.7 cm³/mol. The Bertz CT molecular complexity index is 926. The Labute approximate surface area is 145 Å². The number of fused-ring (bicyclic) bond motifs is 1. The molecule has 0 aliphatic carbocycles. The molecule has 2 aromatic carbocycles. The molecule has 2 N–H and O–H groups in total. The Kier molecular flexibility index (Phi) is 4.55. The van der Waals surface area contributed by atoms with Crippen molar-refractivity contribution in [2.24, 2.45) is 0 Å². The van der Waals surface area contributed by atoms with Gasteiger partial charge in [-0.15, -0.1) is 11.3 Å². The molecule has 114 valence electrons.